The molecule has 1 heterocycles. The fourth-order valence-corrected chi connectivity index (χ4v) is 2.51. The molecular weight excluding hydrogens is 288 g/mol. The molecule has 1 aromatic carbocycles. The molecule has 6 heteroatoms. The van der Waals surface area contributed by atoms with E-state index in [-0.39, 0.29) is 18.7 Å². The molecule has 0 bridgehead atoms. The first-order chi connectivity index (χ1) is 10.1. The third-order valence-corrected chi connectivity index (χ3v) is 3.64. The molecular formula is C15H16N2O3S. The third-order valence-electron chi connectivity index (χ3n) is 3.01. The van der Waals surface area contributed by atoms with E-state index in [0.717, 1.165) is 11.3 Å². The van der Waals surface area contributed by atoms with Crippen molar-refractivity contribution in [2.75, 3.05) is 0 Å². The van der Waals surface area contributed by atoms with E-state index in [0.29, 0.717) is 6.42 Å². The summed E-state index contributed by atoms with van der Waals surface area (Å²) in [6.07, 6.45) is 1.04. The molecule has 0 radical (unpaired) electrons. The third kappa shape index (κ3) is 5.00. The number of benzene rings is 1. The van der Waals surface area contributed by atoms with E-state index in [1.165, 1.54) is 11.3 Å². The van der Waals surface area contributed by atoms with Gasteiger partial charge < -0.3 is 10.4 Å². The van der Waals surface area contributed by atoms with Crippen molar-refractivity contribution in [1.82, 2.24) is 10.3 Å². The SMILES string of the molecule is O=C(CCc1cscn1)N[C@@H](Cc1ccccc1)C(=O)O. The molecule has 0 aliphatic heterocycles. The molecule has 2 aromatic rings. The molecule has 0 aliphatic rings. The minimum Gasteiger partial charge on any atom is -0.480 e. The second-order valence-corrected chi connectivity index (χ2v) is 5.35. The minimum atomic E-state index is -1.03. The fourth-order valence-electron chi connectivity index (χ4n) is 1.92. The summed E-state index contributed by atoms with van der Waals surface area (Å²) in [4.78, 5) is 27.2. The van der Waals surface area contributed by atoms with Gasteiger partial charge in [-0.15, -0.1) is 11.3 Å². The zero-order valence-corrected chi connectivity index (χ0v) is 12.2. The number of amides is 1. The molecule has 110 valence electrons. The molecule has 5 nitrogen and oxygen atoms in total. The fraction of sp³-hybridized carbons (Fsp3) is 0.267. The number of hydrogen-bond acceptors (Lipinski definition) is 4. The van der Waals surface area contributed by atoms with Gasteiger partial charge in [0.2, 0.25) is 5.91 Å². The first-order valence-electron chi connectivity index (χ1n) is 6.58. The molecule has 2 N–H and O–H groups in total. The number of carbonyl (C=O) groups excluding carboxylic acids is 1. The number of rotatable bonds is 7. The number of nitrogens with zero attached hydrogens (tertiary/aromatic N) is 1. The Labute approximate surface area is 126 Å². The summed E-state index contributed by atoms with van der Waals surface area (Å²) in [6.45, 7) is 0. The minimum absolute atomic E-state index is 0.238. The van der Waals surface area contributed by atoms with Gasteiger partial charge in [-0.3, -0.25) is 4.79 Å². The second kappa shape index (κ2) is 7.54. The number of carbonyl (C=O) groups is 2. The van der Waals surface area contributed by atoms with Crippen LogP contribution < -0.4 is 5.32 Å². The maximum Gasteiger partial charge on any atom is 0.326 e. The zero-order valence-electron chi connectivity index (χ0n) is 11.4. The standard InChI is InChI=1S/C15H16N2O3S/c18-14(7-6-12-9-21-10-16-12)17-13(15(19)20)8-11-4-2-1-3-5-11/h1-5,9-10,13H,6-8H2,(H,17,18)(H,19,20)/t13-/m0/s1. The van der Waals surface area contributed by atoms with Crippen molar-refractivity contribution >= 4 is 23.2 Å². The lowest BCUT2D eigenvalue weighted by Gasteiger charge is -2.14. The monoisotopic (exact) mass is 304 g/mol. The number of aromatic nitrogens is 1. The number of carboxylic acids is 1. The van der Waals surface area contributed by atoms with Gasteiger partial charge >= 0.3 is 5.97 Å². The van der Waals surface area contributed by atoms with Crippen molar-refractivity contribution in [1.29, 1.82) is 0 Å². The van der Waals surface area contributed by atoms with Crippen LogP contribution in [0.15, 0.2) is 41.2 Å². The van der Waals surface area contributed by atoms with E-state index in [1.54, 1.807) is 5.51 Å². The molecule has 1 aromatic heterocycles. The van der Waals surface area contributed by atoms with Crippen molar-refractivity contribution < 1.29 is 14.7 Å². The van der Waals surface area contributed by atoms with E-state index < -0.39 is 12.0 Å². The molecule has 1 amide bonds. The lowest BCUT2D eigenvalue weighted by Crippen LogP contribution is -2.42. The maximum absolute atomic E-state index is 11.8. The van der Waals surface area contributed by atoms with Crippen LogP contribution in [-0.4, -0.2) is 28.0 Å². The van der Waals surface area contributed by atoms with Crippen LogP contribution in [0.25, 0.3) is 0 Å². The van der Waals surface area contributed by atoms with Crippen molar-refractivity contribution in [3.05, 3.63) is 52.5 Å². The second-order valence-electron chi connectivity index (χ2n) is 4.63. The predicted octanol–water partition coefficient (Wildman–Crippen LogP) is 1.89. The highest BCUT2D eigenvalue weighted by Gasteiger charge is 2.20. The van der Waals surface area contributed by atoms with Crippen LogP contribution in [0, 0.1) is 0 Å². The van der Waals surface area contributed by atoms with Crippen molar-refractivity contribution in [3.63, 3.8) is 0 Å². The van der Waals surface area contributed by atoms with Gasteiger partial charge in [0.15, 0.2) is 0 Å². The summed E-state index contributed by atoms with van der Waals surface area (Å²) in [7, 11) is 0. The van der Waals surface area contributed by atoms with Gasteiger partial charge in [-0.25, -0.2) is 9.78 Å². The van der Waals surface area contributed by atoms with E-state index in [4.69, 9.17) is 0 Å². The van der Waals surface area contributed by atoms with Crippen LogP contribution in [0.3, 0.4) is 0 Å². The topological polar surface area (TPSA) is 79.3 Å². The summed E-state index contributed by atoms with van der Waals surface area (Å²) in [5.74, 6) is -1.30. The maximum atomic E-state index is 11.8. The van der Waals surface area contributed by atoms with Gasteiger partial charge in [-0.2, -0.15) is 0 Å². The molecule has 0 saturated carbocycles. The molecule has 1 atom stereocenters. The smallest absolute Gasteiger partial charge is 0.326 e. The number of hydrogen-bond donors (Lipinski definition) is 2. The predicted molar refractivity (Wildman–Crippen MR) is 80.1 cm³/mol. The average Bonchev–Trinajstić information content (AvgIpc) is 2.99. The van der Waals surface area contributed by atoms with Gasteiger partial charge in [0.05, 0.1) is 11.2 Å². The van der Waals surface area contributed by atoms with Crippen LogP contribution in [0.2, 0.25) is 0 Å². The van der Waals surface area contributed by atoms with E-state index in [1.807, 2.05) is 35.7 Å². The molecule has 0 spiro atoms. The Morgan fingerprint density at radius 1 is 1.29 bits per heavy atom. The summed E-state index contributed by atoms with van der Waals surface area (Å²) >= 11 is 1.47. The van der Waals surface area contributed by atoms with Gasteiger partial charge in [0, 0.05) is 18.2 Å². The van der Waals surface area contributed by atoms with Crippen LogP contribution in [0.5, 0.6) is 0 Å². The highest BCUT2D eigenvalue weighted by molar-refractivity contribution is 7.07. The number of nitrogens with one attached hydrogen (secondary N) is 1. The van der Waals surface area contributed by atoms with E-state index >= 15 is 0 Å². The molecule has 21 heavy (non-hydrogen) atoms. The lowest BCUT2D eigenvalue weighted by atomic mass is 10.1. The number of aliphatic carboxylic acids is 1. The molecule has 0 aliphatic carbocycles. The van der Waals surface area contributed by atoms with Gasteiger partial charge in [-0.1, -0.05) is 30.3 Å². The summed E-state index contributed by atoms with van der Waals surface area (Å²) in [6, 6.07) is 8.34. The van der Waals surface area contributed by atoms with E-state index in [2.05, 4.69) is 10.3 Å². The van der Waals surface area contributed by atoms with Crippen LogP contribution >= 0.6 is 11.3 Å². The number of thiazole rings is 1. The highest BCUT2D eigenvalue weighted by atomic mass is 32.1. The van der Waals surface area contributed by atoms with Crippen molar-refractivity contribution in [3.8, 4) is 0 Å². The number of aryl methyl sites for hydroxylation is 1. The Kier molecular flexibility index (Phi) is 5.45. The average molecular weight is 304 g/mol. The van der Waals surface area contributed by atoms with Gasteiger partial charge in [0.25, 0.3) is 0 Å². The molecule has 2 rings (SSSR count). The molecule has 0 saturated heterocycles. The lowest BCUT2D eigenvalue weighted by molar-refractivity contribution is -0.141. The Morgan fingerprint density at radius 2 is 2.05 bits per heavy atom. The van der Waals surface area contributed by atoms with E-state index in [9.17, 15) is 14.7 Å². The first-order valence-corrected chi connectivity index (χ1v) is 7.52. The van der Waals surface area contributed by atoms with Gasteiger partial charge in [0.1, 0.15) is 6.04 Å². The largest absolute Gasteiger partial charge is 0.480 e. The highest BCUT2D eigenvalue weighted by Crippen LogP contribution is 2.06. The first kappa shape index (κ1) is 15.2. The Balaban J connectivity index is 1.87. The van der Waals surface area contributed by atoms with Gasteiger partial charge in [-0.05, 0) is 12.0 Å². The molecule has 0 unspecified atom stereocenters. The summed E-state index contributed by atoms with van der Waals surface area (Å²) < 4.78 is 0. The molecule has 0 fully saturated rings. The van der Waals surface area contributed by atoms with Crippen LogP contribution in [0.1, 0.15) is 17.7 Å². The Bertz CT molecular complexity index is 584. The Morgan fingerprint density at radius 3 is 2.67 bits per heavy atom. The Hall–Kier alpha value is -2.21. The number of carboxylic acid groups (broad SMARTS) is 1. The quantitative estimate of drug-likeness (QED) is 0.818. The van der Waals surface area contributed by atoms with Crippen molar-refractivity contribution in [2.24, 2.45) is 0 Å². The van der Waals surface area contributed by atoms with Crippen LogP contribution in [-0.2, 0) is 22.4 Å². The van der Waals surface area contributed by atoms with Crippen LogP contribution in [0.4, 0.5) is 0 Å². The normalized spacial score (nSPS) is 11.8. The zero-order chi connectivity index (χ0) is 15.1. The summed E-state index contributed by atoms with van der Waals surface area (Å²) in [5.41, 5.74) is 3.44. The summed E-state index contributed by atoms with van der Waals surface area (Å²) in [5, 5.41) is 13.7. The van der Waals surface area contributed by atoms with Crippen molar-refractivity contribution in [2.45, 2.75) is 25.3 Å².